The Hall–Kier alpha value is -0.0200. The molecule has 1 heterocycles. The second kappa shape index (κ2) is 2.93. The smallest absolute Gasteiger partial charge is 0.0871 e. The zero-order chi connectivity index (χ0) is 7.72. The lowest BCUT2D eigenvalue weighted by Crippen LogP contribution is -1.80. The molecule has 1 rings (SSSR count). The molecule has 10 heavy (non-hydrogen) atoms. The molecule has 2 N–H and O–H groups in total. The minimum absolute atomic E-state index is 0.566. The van der Waals surface area contributed by atoms with Crippen LogP contribution in [0, 0.1) is 0 Å². The van der Waals surface area contributed by atoms with Crippen LogP contribution in [0.1, 0.15) is 24.6 Å². The Balaban J connectivity index is 3.03. The SMILES string of the molecule is CC(C)c1sc(N)cc1Br. The van der Waals surface area contributed by atoms with Crippen molar-refractivity contribution in [2.24, 2.45) is 0 Å². The minimum atomic E-state index is 0.566. The van der Waals surface area contributed by atoms with Crippen LogP contribution in [0.2, 0.25) is 0 Å². The fraction of sp³-hybridized carbons (Fsp3) is 0.429. The van der Waals surface area contributed by atoms with Crippen molar-refractivity contribution in [2.45, 2.75) is 19.8 Å². The largest absolute Gasteiger partial charge is 0.391 e. The zero-order valence-corrected chi connectivity index (χ0v) is 8.42. The van der Waals surface area contributed by atoms with Gasteiger partial charge in [0.05, 0.1) is 5.00 Å². The Labute approximate surface area is 73.4 Å². The molecule has 0 saturated heterocycles. The topological polar surface area (TPSA) is 26.0 Å². The third-order valence-electron chi connectivity index (χ3n) is 1.26. The van der Waals surface area contributed by atoms with Gasteiger partial charge in [-0.15, -0.1) is 11.3 Å². The van der Waals surface area contributed by atoms with Gasteiger partial charge in [0.25, 0.3) is 0 Å². The number of nitrogen functional groups attached to an aromatic ring is 1. The number of hydrogen-bond donors (Lipinski definition) is 1. The molecule has 0 bridgehead atoms. The summed E-state index contributed by atoms with van der Waals surface area (Å²) in [7, 11) is 0. The molecule has 56 valence electrons. The monoisotopic (exact) mass is 219 g/mol. The highest BCUT2D eigenvalue weighted by Gasteiger charge is 2.07. The first-order valence-corrected chi connectivity index (χ1v) is 4.77. The molecule has 0 atom stereocenters. The van der Waals surface area contributed by atoms with Gasteiger partial charge in [-0.2, -0.15) is 0 Å². The molecule has 0 aromatic carbocycles. The summed E-state index contributed by atoms with van der Waals surface area (Å²) in [4.78, 5) is 1.33. The highest BCUT2D eigenvalue weighted by Crippen LogP contribution is 2.34. The van der Waals surface area contributed by atoms with Crippen molar-refractivity contribution in [3.05, 3.63) is 15.4 Å². The lowest BCUT2D eigenvalue weighted by Gasteiger charge is -1.99. The number of rotatable bonds is 1. The summed E-state index contributed by atoms with van der Waals surface area (Å²) < 4.78 is 1.14. The Kier molecular flexibility index (Phi) is 2.36. The van der Waals surface area contributed by atoms with E-state index in [0.717, 1.165) is 9.47 Å². The number of halogens is 1. The average molecular weight is 220 g/mol. The first-order valence-electron chi connectivity index (χ1n) is 3.16. The van der Waals surface area contributed by atoms with Crippen LogP contribution < -0.4 is 5.73 Å². The predicted molar refractivity (Wildman–Crippen MR) is 50.5 cm³/mol. The van der Waals surface area contributed by atoms with E-state index in [1.807, 2.05) is 6.07 Å². The van der Waals surface area contributed by atoms with E-state index in [-0.39, 0.29) is 0 Å². The van der Waals surface area contributed by atoms with Crippen LogP contribution in [0.5, 0.6) is 0 Å². The van der Waals surface area contributed by atoms with Gasteiger partial charge in [-0.1, -0.05) is 13.8 Å². The van der Waals surface area contributed by atoms with E-state index in [4.69, 9.17) is 5.73 Å². The first kappa shape index (κ1) is 8.08. The Bertz CT molecular complexity index is 230. The Morgan fingerprint density at radius 1 is 1.60 bits per heavy atom. The van der Waals surface area contributed by atoms with E-state index >= 15 is 0 Å². The Morgan fingerprint density at radius 3 is 2.40 bits per heavy atom. The van der Waals surface area contributed by atoms with Crippen molar-refractivity contribution in [1.82, 2.24) is 0 Å². The highest BCUT2D eigenvalue weighted by molar-refractivity contribution is 9.10. The molecule has 0 unspecified atom stereocenters. The molecule has 1 aromatic rings. The van der Waals surface area contributed by atoms with Gasteiger partial charge in [-0.3, -0.25) is 0 Å². The number of anilines is 1. The van der Waals surface area contributed by atoms with Crippen molar-refractivity contribution >= 4 is 32.3 Å². The van der Waals surface area contributed by atoms with Crippen molar-refractivity contribution in [3.8, 4) is 0 Å². The van der Waals surface area contributed by atoms with Crippen LogP contribution >= 0.6 is 27.3 Å². The lowest BCUT2D eigenvalue weighted by molar-refractivity contribution is 0.885. The normalized spacial score (nSPS) is 10.8. The molecule has 3 heteroatoms. The van der Waals surface area contributed by atoms with Crippen LogP contribution in [-0.4, -0.2) is 0 Å². The summed E-state index contributed by atoms with van der Waals surface area (Å²) in [6, 6.07) is 1.96. The fourth-order valence-corrected chi connectivity index (χ4v) is 2.72. The van der Waals surface area contributed by atoms with E-state index in [9.17, 15) is 0 Å². The van der Waals surface area contributed by atoms with Gasteiger partial charge in [0.15, 0.2) is 0 Å². The van der Waals surface area contributed by atoms with Gasteiger partial charge in [0.2, 0.25) is 0 Å². The van der Waals surface area contributed by atoms with Crippen molar-refractivity contribution in [3.63, 3.8) is 0 Å². The van der Waals surface area contributed by atoms with Gasteiger partial charge >= 0.3 is 0 Å². The van der Waals surface area contributed by atoms with E-state index in [0.29, 0.717) is 5.92 Å². The van der Waals surface area contributed by atoms with E-state index in [1.165, 1.54) is 4.88 Å². The molecule has 0 fully saturated rings. The third kappa shape index (κ3) is 1.52. The van der Waals surface area contributed by atoms with Crippen LogP contribution in [0.3, 0.4) is 0 Å². The Morgan fingerprint density at radius 2 is 2.20 bits per heavy atom. The van der Waals surface area contributed by atoms with Crippen molar-refractivity contribution in [1.29, 1.82) is 0 Å². The summed E-state index contributed by atoms with van der Waals surface area (Å²) in [5.74, 6) is 0.566. The molecule has 0 aliphatic heterocycles. The standard InChI is InChI=1S/C7H10BrNS/c1-4(2)7-5(8)3-6(9)10-7/h3-4H,9H2,1-2H3. The lowest BCUT2D eigenvalue weighted by atomic mass is 10.2. The van der Waals surface area contributed by atoms with E-state index in [2.05, 4.69) is 29.8 Å². The molecule has 0 radical (unpaired) electrons. The predicted octanol–water partition coefficient (Wildman–Crippen LogP) is 3.22. The first-order chi connectivity index (χ1) is 4.61. The maximum atomic E-state index is 5.61. The molecule has 0 saturated carbocycles. The molecule has 1 aromatic heterocycles. The van der Waals surface area contributed by atoms with Crippen LogP contribution in [0.15, 0.2) is 10.5 Å². The summed E-state index contributed by atoms with van der Waals surface area (Å²) in [6.07, 6.45) is 0. The number of thiophene rings is 1. The second-order valence-corrected chi connectivity index (χ2v) is 4.49. The summed E-state index contributed by atoms with van der Waals surface area (Å²) in [5.41, 5.74) is 5.61. The maximum absolute atomic E-state index is 5.61. The number of hydrogen-bond acceptors (Lipinski definition) is 2. The highest BCUT2D eigenvalue weighted by atomic mass is 79.9. The van der Waals surface area contributed by atoms with Gasteiger partial charge < -0.3 is 5.73 Å². The minimum Gasteiger partial charge on any atom is -0.391 e. The van der Waals surface area contributed by atoms with Gasteiger partial charge in [0.1, 0.15) is 0 Å². The van der Waals surface area contributed by atoms with Gasteiger partial charge in [-0.05, 0) is 27.9 Å². The summed E-state index contributed by atoms with van der Waals surface area (Å²) in [5, 5.41) is 0.885. The second-order valence-electron chi connectivity index (χ2n) is 2.52. The maximum Gasteiger partial charge on any atom is 0.0871 e. The molecule has 0 spiro atoms. The molecule has 0 amide bonds. The summed E-state index contributed by atoms with van der Waals surface area (Å²) >= 11 is 5.10. The molecule has 0 aliphatic rings. The van der Waals surface area contributed by atoms with E-state index in [1.54, 1.807) is 11.3 Å². The number of nitrogens with two attached hydrogens (primary N) is 1. The third-order valence-corrected chi connectivity index (χ3v) is 3.44. The fourth-order valence-electron chi connectivity index (χ4n) is 0.795. The van der Waals surface area contributed by atoms with Crippen LogP contribution in [-0.2, 0) is 0 Å². The van der Waals surface area contributed by atoms with Gasteiger partial charge in [0, 0.05) is 9.35 Å². The van der Waals surface area contributed by atoms with E-state index < -0.39 is 0 Å². The van der Waals surface area contributed by atoms with Crippen molar-refractivity contribution in [2.75, 3.05) is 5.73 Å². The molecule has 0 aliphatic carbocycles. The molecular formula is C7H10BrNS. The van der Waals surface area contributed by atoms with Crippen LogP contribution in [0.25, 0.3) is 0 Å². The zero-order valence-electron chi connectivity index (χ0n) is 6.02. The van der Waals surface area contributed by atoms with Crippen molar-refractivity contribution < 1.29 is 0 Å². The quantitative estimate of drug-likeness (QED) is 0.772. The molecule has 1 nitrogen and oxygen atoms in total. The van der Waals surface area contributed by atoms with Gasteiger partial charge in [-0.25, -0.2) is 0 Å². The average Bonchev–Trinajstić information content (AvgIpc) is 2.10. The van der Waals surface area contributed by atoms with Crippen LogP contribution in [0.4, 0.5) is 5.00 Å². The molecular weight excluding hydrogens is 210 g/mol. The summed E-state index contributed by atoms with van der Waals surface area (Å²) in [6.45, 7) is 4.33.